The van der Waals surface area contributed by atoms with Gasteiger partial charge in [-0.2, -0.15) is 0 Å². The molecule has 3 atom stereocenters. The Bertz CT molecular complexity index is 320. The van der Waals surface area contributed by atoms with Gasteiger partial charge in [0.1, 0.15) is 0 Å². The molecule has 0 aromatic rings. The van der Waals surface area contributed by atoms with Gasteiger partial charge in [-0.15, -0.1) is 0 Å². The van der Waals surface area contributed by atoms with Gasteiger partial charge in [0.25, 0.3) is 0 Å². The van der Waals surface area contributed by atoms with Crippen molar-refractivity contribution in [3.8, 4) is 0 Å². The molecule has 0 aromatic heterocycles. The largest absolute Gasteiger partial charge is 0.355 e. The van der Waals surface area contributed by atoms with E-state index in [1.54, 1.807) is 0 Å². The zero-order valence-electron chi connectivity index (χ0n) is 12.8. The monoisotopic (exact) mass is 283 g/mol. The average Bonchev–Trinajstić information content (AvgIpc) is 2.46. The Morgan fingerprint density at radius 1 is 1.30 bits per heavy atom. The Morgan fingerprint density at radius 2 is 2.00 bits per heavy atom. The molecule has 0 spiro atoms. The number of carbonyl (C=O) groups excluding carboxylic acids is 2. The first kappa shape index (κ1) is 17.0. The topological polar surface area (TPSA) is 84.2 Å². The molecule has 0 aliphatic heterocycles. The van der Waals surface area contributed by atoms with E-state index in [9.17, 15) is 9.59 Å². The highest BCUT2D eigenvalue weighted by Crippen LogP contribution is 2.29. The van der Waals surface area contributed by atoms with Crippen molar-refractivity contribution < 1.29 is 9.59 Å². The molecule has 0 aromatic carbocycles. The fourth-order valence-corrected chi connectivity index (χ4v) is 2.71. The van der Waals surface area contributed by atoms with E-state index in [4.69, 9.17) is 5.73 Å². The Balaban J connectivity index is 2.26. The van der Waals surface area contributed by atoms with Crippen molar-refractivity contribution in [2.45, 2.75) is 58.4 Å². The van der Waals surface area contributed by atoms with E-state index in [0.717, 1.165) is 25.7 Å². The van der Waals surface area contributed by atoms with Gasteiger partial charge < -0.3 is 16.4 Å². The highest BCUT2D eigenvalue weighted by Gasteiger charge is 2.29. The summed E-state index contributed by atoms with van der Waals surface area (Å²) in [5.74, 6) is 0.402. The maximum atomic E-state index is 12.1. The minimum absolute atomic E-state index is 0.00123. The van der Waals surface area contributed by atoms with Gasteiger partial charge in [0.2, 0.25) is 11.8 Å². The van der Waals surface area contributed by atoms with Crippen LogP contribution in [0, 0.1) is 11.8 Å². The summed E-state index contributed by atoms with van der Waals surface area (Å²) in [5.41, 5.74) is 5.73. The Labute approximate surface area is 122 Å². The predicted octanol–water partition coefficient (Wildman–Crippen LogP) is 1.17. The lowest BCUT2D eigenvalue weighted by Crippen LogP contribution is -2.41. The summed E-state index contributed by atoms with van der Waals surface area (Å²) >= 11 is 0. The number of nitrogens with one attached hydrogen (secondary N) is 2. The third-order valence-electron chi connectivity index (χ3n) is 4.22. The summed E-state index contributed by atoms with van der Waals surface area (Å²) in [4.78, 5) is 23.7. The molecule has 1 fully saturated rings. The maximum Gasteiger partial charge on any atom is 0.223 e. The number of nitrogens with two attached hydrogens (primary N) is 1. The molecule has 5 nitrogen and oxygen atoms in total. The predicted molar refractivity (Wildman–Crippen MR) is 80.0 cm³/mol. The molecule has 1 rings (SSSR count). The molecule has 116 valence electrons. The minimum atomic E-state index is -0.00123. The highest BCUT2D eigenvalue weighted by molar-refractivity contribution is 5.80. The number of carbonyl (C=O) groups is 2. The SMILES string of the molecule is CCC(C)NC(=O)CCNC(=O)C1CCCCC1CN. The van der Waals surface area contributed by atoms with Gasteiger partial charge in [-0.3, -0.25) is 9.59 Å². The summed E-state index contributed by atoms with van der Waals surface area (Å²) < 4.78 is 0. The van der Waals surface area contributed by atoms with Gasteiger partial charge >= 0.3 is 0 Å². The van der Waals surface area contributed by atoms with Crippen molar-refractivity contribution in [2.75, 3.05) is 13.1 Å². The lowest BCUT2D eigenvalue weighted by molar-refractivity contribution is -0.127. The molecule has 1 saturated carbocycles. The second-order valence-electron chi connectivity index (χ2n) is 5.80. The van der Waals surface area contributed by atoms with Crippen LogP contribution in [0.2, 0.25) is 0 Å². The third kappa shape index (κ3) is 5.49. The number of amides is 2. The Kier molecular flexibility index (Phi) is 7.59. The summed E-state index contributed by atoms with van der Waals surface area (Å²) in [5, 5.41) is 5.78. The molecule has 1 aliphatic carbocycles. The first-order chi connectivity index (χ1) is 9.58. The molecule has 0 radical (unpaired) electrons. The second-order valence-corrected chi connectivity index (χ2v) is 5.80. The van der Waals surface area contributed by atoms with Crippen molar-refractivity contribution in [3.05, 3.63) is 0 Å². The van der Waals surface area contributed by atoms with Crippen molar-refractivity contribution in [1.29, 1.82) is 0 Å². The molecule has 5 heteroatoms. The normalized spacial score (nSPS) is 23.9. The fourth-order valence-electron chi connectivity index (χ4n) is 2.71. The molecule has 20 heavy (non-hydrogen) atoms. The van der Waals surface area contributed by atoms with Crippen LogP contribution in [0.3, 0.4) is 0 Å². The van der Waals surface area contributed by atoms with Crippen LogP contribution < -0.4 is 16.4 Å². The standard InChI is InChI=1S/C15H29N3O2/c1-3-11(2)18-14(19)8-9-17-15(20)13-7-5-4-6-12(13)10-16/h11-13H,3-10,16H2,1-2H3,(H,17,20)(H,18,19). The van der Waals surface area contributed by atoms with Crippen LogP contribution in [0.1, 0.15) is 52.4 Å². The number of hydrogen-bond donors (Lipinski definition) is 3. The van der Waals surface area contributed by atoms with E-state index >= 15 is 0 Å². The molecule has 0 heterocycles. The quantitative estimate of drug-likeness (QED) is 0.656. The van der Waals surface area contributed by atoms with Crippen LogP contribution >= 0.6 is 0 Å². The maximum absolute atomic E-state index is 12.1. The van der Waals surface area contributed by atoms with Gasteiger partial charge in [-0.25, -0.2) is 0 Å². The summed E-state index contributed by atoms with van der Waals surface area (Å²) in [6.07, 6.45) is 5.50. The fraction of sp³-hybridized carbons (Fsp3) is 0.867. The lowest BCUT2D eigenvalue weighted by atomic mass is 9.79. The van der Waals surface area contributed by atoms with Crippen LogP contribution in [0.25, 0.3) is 0 Å². The number of rotatable bonds is 7. The number of hydrogen-bond acceptors (Lipinski definition) is 3. The van der Waals surface area contributed by atoms with Gasteiger partial charge in [0, 0.05) is 24.9 Å². The smallest absolute Gasteiger partial charge is 0.223 e. The Morgan fingerprint density at radius 3 is 2.65 bits per heavy atom. The third-order valence-corrected chi connectivity index (χ3v) is 4.22. The summed E-state index contributed by atoms with van der Waals surface area (Å²) in [6.45, 7) is 4.99. The van der Waals surface area contributed by atoms with Gasteiger partial charge in [-0.1, -0.05) is 19.8 Å². The van der Waals surface area contributed by atoms with E-state index in [-0.39, 0.29) is 23.8 Å². The zero-order chi connectivity index (χ0) is 15.0. The summed E-state index contributed by atoms with van der Waals surface area (Å²) in [7, 11) is 0. The van der Waals surface area contributed by atoms with E-state index < -0.39 is 0 Å². The van der Waals surface area contributed by atoms with Crippen LogP contribution in [-0.4, -0.2) is 30.9 Å². The van der Waals surface area contributed by atoms with Crippen molar-refractivity contribution in [3.63, 3.8) is 0 Å². The van der Waals surface area contributed by atoms with Crippen molar-refractivity contribution in [1.82, 2.24) is 10.6 Å². The molecule has 0 bridgehead atoms. The first-order valence-corrected chi connectivity index (χ1v) is 7.85. The minimum Gasteiger partial charge on any atom is -0.355 e. The highest BCUT2D eigenvalue weighted by atomic mass is 16.2. The molecule has 3 unspecified atom stereocenters. The van der Waals surface area contributed by atoms with Crippen LogP contribution in [0.15, 0.2) is 0 Å². The molecular formula is C15H29N3O2. The molecule has 4 N–H and O–H groups in total. The lowest BCUT2D eigenvalue weighted by Gasteiger charge is -2.29. The van der Waals surface area contributed by atoms with Crippen LogP contribution in [-0.2, 0) is 9.59 Å². The van der Waals surface area contributed by atoms with Crippen LogP contribution in [0.5, 0.6) is 0 Å². The molecule has 1 aliphatic rings. The Hall–Kier alpha value is -1.10. The van der Waals surface area contributed by atoms with E-state index in [2.05, 4.69) is 10.6 Å². The summed E-state index contributed by atoms with van der Waals surface area (Å²) in [6, 6.07) is 0.193. The van der Waals surface area contributed by atoms with Crippen molar-refractivity contribution >= 4 is 11.8 Å². The molecule has 0 saturated heterocycles. The van der Waals surface area contributed by atoms with E-state index in [1.165, 1.54) is 6.42 Å². The zero-order valence-corrected chi connectivity index (χ0v) is 12.8. The van der Waals surface area contributed by atoms with Gasteiger partial charge in [0.15, 0.2) is 0 Å². The second kappa shape index (κ2) is 8.95. The van der Waals surface area contributed by atoms with Crippen LogP contribution in [0.4, 0.5) is 0 Å². The molecule has 2 amide bonds. The van der Waals surface area contributed by atoms with E-state index in [0.29, 0.717) is 25.4 Å². The molecular weight excluding hydrogens is 254 g/mol. The first-order valence-electron chi connectivity index (χ1n) is 7.85. The van der Waals surface area contributed by atoms with Crippen molar-refractivity contribution in [2.24, 2.45) is 17.6 Å². The average molecular weight is 283 g/mol. The van der Waals surface area contributed by atoms with Gasteiger partial charge in [0.05, 0.1) is 0 Å². The van der Waals surface area contributed by atoms with E-state index in [1.807, 2.05) is 13.8 Å². The van der Waals surface area contributed by atoms with Gasteiger partial charge in [-0.05, 0) is 38.6 Å².